The van der Waals surface area contributed by atoms with Gasteiger partial charge in [-0.1, -0.05) is 19.3 Å². The molecule has 2 aliphatic heterocycles. The zero-order valence-corrected chi connectivity index (χ0v) is 12.5. The van der Waals surface area contributed by atoms with Gasteiger partial charge in [0.2, 0.25) is 17.6 Å². The number of ketones is 1. The van der Waals surface area contributed by atoms with E-state index >= 15 is 0 Å². The summed E-state index contributed by atoms with van der Waals surface area (Å²) in [4.78, 5) is 50.8. The standard InChI is InChI=1S/C15H21N3O4/c19-12-10-11(14(21)17-8-4-7-16-13(10)20)18(15(12)22)9-5-2-1-3-6-9/h9-11H,1-8H2,(H,16,20)(H,17,21)/t10-,11+/m1/s1. The van der Waals surface area contributed by atoms with E-state index in [9.17, 15) is 19.2 Å². The average molecular weight is 307 g/mol. The molecular formula is C15H21N3O4. The molecule has 0 aromatic heterocycles. The van der Waals surface area contributed by atoms with Gasteiger partial charge in [-0.05, 0) is 19.3 Å². The van der Waals surface area contributed by atoms with Gasteiger partial charge in [-0.2, -0.15) is 0 Å². The first-order chi connectivity index (χ1) is 10.6. The number of hydrogen-bond acceptors (Lipinski definition) is 4. The second-order valence-corrected chi connectivity index (χ2v) is 6.23. The van der Waals surface area contributed by atoms with E-state index in [0.717, 1.165) is 32.1 Å². The fourth-order valence-electron chi connectivity index (χ4n) is 3.71. The van der Waals surface area contributed by atoms with Crippen molar-refractivity contribution in [3.63, 3.8) is 0 Å². The molecule has 0 unspecified atom stereocenters. The molecule has 2 saturated heterocycles. The fourth-order valence-corrected chi connectivity index (χ4v) is 3.71. The largest absolute Gasteiger partial charge is 0.355 e. The van der Waals surface area contributed by atoms with Crippen LogP contribution in [-0.2, 0) is 19.2 Å². The van der Waals surface area contributed by atoms with Crippen LogP contribution in [0.25, 0.3) is 0 Å². The van der Waals surface area contributed by atoms with Crippen LogP contribution in [0.3, 0.4) is 0 Å². The van der Waals surface area contributed by atoms with Gasteiger partial charge in [0.25, 0.3) is 5.91 Å². The Morgan fingerprint density at radius 1 is 0.818 bits per heavy atom. The van der Waals surface area contributed by atoms with Crippen LogP contribution in [0.2, 0.25) is 0 Å². The number of fused-ring (bicyclic) bond motifs is 1. The molecule has 22 heavy (non-hydrogen) atoms. The molecule has 7 heteroatoms. The van der Waals surface area contributed by atoms with Crippen LogP contribution in [0, 0.1) is 5.92 Å². The molecule has 0 aromatic rings. The van der Waals surface area contributed by atoms with Gasteiger partial charge in [-0.3, -0.25) is 19.2 Å². The Hall–Kier alpha value is -1.92. The van der Waals surface area contributed by atoms with E-state index in [2.05, 4.69) is 10.6 Å². The van der Waals surface area contributed by atoms with E-state index in [1.54, 1.807) is 0 Å². The Kier molecular flexibility index (Phi) is 4.13. The number of carbonyl (C=O) groups excluding carboxylic acids is 4. The molecule has 0 aromatic carbocycles. The molecule has 1 saturated carbocycles. The maximum atomic E-state index is 12.5. The van der Waals surface area contributed by atoms with Crippen LogP contribution in [0.1, 0.15) is 38.5 Å². The summed E-state index contributed by atoms with van der Waals surface area (Å²) in [7, 11) is 0. The smallest absolute Gasteiger partial charge is 0.291 e. The molecule has 0 radical (unpaired) electrons. The van der Waals surface area contributed by atoms with Gasteiger partial charge in [-0.15, -0.1) is 0 Å². The monoisotopic (exact) mass is 307 g/mol. The van der Waals surface area contributed by atoms with E-state index in [1.165, 1.54) is 4.90 Å². The first-order valence-corrected chi connectivity index (χ1v) is 8.03. The first-order valence-electron chi connectivity index (χ1n) is 8.03. The van der Waals surface area contributed by atoms with Crippen LogP contribution >= 0.6 is 0 Å². The Morgan fingerprint density at radius 3 is 2.14 bits per heavy atom. The summed E-state index contributed by atoms with van der Waals surface area (Å²) in [5, 5.41) is 5.41. The van der Waals surface area contributed by atoms with Gasteiger partial charge in [0.1, 0.15) is 12.0 Å². The highest BCUT2D eigenvalue weighted by atomic mass is 16.2. The average Bonchev–Trinajstić information content (AvgIpc) is 2.82. The Morgan fingerprint density at radius 2 is 1.45 bits per heavy atom. The van der Waals surface area contributed by atoms with E-state index in [1.807, 2.05) is 0 Å². The summed E-state index contributed by atoms with van der Waals surface area (Å²) >= 11 is 0. The molecule has 2 atom stereocenters. The number of nitrogens with zero attached hydrogens (tertiary/aromatic N) is 1. The van der Waals surface area contributed by atoms with E-state index in [0.29, 0.717) is 19.5 Å². The third kappa shape index (κ3) is 2.48. The van der Waals surface area contributed by atoms with Gasteiger partial charge in [-0.25, -0.2) is 0 Å². The summed E-state index contributed by atoms with van der Waals surface area (Å²) in [5.74, 6) is -3.50. The second kappa shape index (κ2) is 6.06. The zero-order chi connectivity index (χ0) is 15.7. The minimum atomic E-state index is -1.20. The molecule has 7 nitrogen and oxygen atoms in total. The maximum absolute atomic E-state index is 12.5. The Labute approximate surface area is 128 Å². The van der Waals surface area contributed by atoms with Gasteiger partial charge in [0.15, 0.2) is 0 Å². The Balaban J connectivity index is 1.94. The number of likely N-dealkylation sites (tertiary alicyclic amines) is 1. The topological polar surface area (TPSA) is 95.6 Å². The third-order valence-electron chi connectivity index (χ3n) is 4.81. The van der Waals surface area contributed by atoms with Crippen molar-refractivity contribution in [2.75, 3.05) is 13.1 Å². The van der Waals surface area contributed by atoms with E-state index in [4.69, 9.17) is 0 Å². The van der Waals surface area contributed by atoms with Crippen molar-refractivity contribution < 1.29 is 19.2 Å². The molecular weight excluding hydrogens is 286 g/mol. The highest BCUT2D eigenvalue weighted by Crippen LogP contribution is 2.32. The lowest BCUT2D eigenvalue weighted by atomic mass is 9.92. The lowest BCUT2D eigenvalue weighted by molar-refractivity contribution is -0.144. The summed E-state index contributed by atoms with van der Waals surface area (Å²) < 4.78 is 0. The van der Waals surface area contributed by atoms with Gasteiger partial charge >= 0.3 is 0 Å². The van der Waals surface area contributed by atoms with Crippen LogP contribution in [0.5, 0.6) is 0 Å². The number of amides is 3. The first kappa shape index (κ1) is 15.0. The molecule has 2 heterocycles. The predicted octanol–water partition coefficient (Wildman–Crippen LogP) is -0.649. The molecule has 3 rings (SSSR count). The maximum Gasteiger partial charge on any atom is 0.291 e. The minimum Gasteiger partial charge on any atom is -0.355 e. The summed E-state index contributed by atoms with van der Waals surface area (Å²) in [5.41, 5.74) is 0. The fraction of sp³-hybridized carbons (Fsp3) is 0.733. The number of carbonyl (C=O) groups is 4. The quantitative estimate of drug-likeness (QED) is 0.497. The van der Waals surface area contributed by atoms with Crippen LogP contribution in [0.4, 0.5) is 0 Å². The van der Waals surface area contributed by atoms with Gasteiger partial charge in [0, 0.05) is 19.1 Å². The summed E-state index contributed by atoms with van der Waals surface area (Å²) in [6, 6.07) is -1.10. The van der Waals surface area contributed by atoms with Crippen molar-refractivity contribution in [1.29, 1.82) is 0 Å². The van der Waals surface area contributed by atoms with Gasteiger partial charge < -0.3 is 15.5 Å². The van der Waals surface area contributed by atoms with Crippen LogP contribution in [-0.4, -0.2) is 53.6 Å². The number of rotatable bonds is 1. The van der Waals surface area contributed by atoms with Crippen molar-refractivity contribution in [1.82, 2.24) is 15.5 Å². The molecule has 0 bridgehead atoms. The van der Waals surface area contributed by atoms with Crippen molar-refractivity contribution in [2.45, 2.75) is 50.6 Å². The molecule has 3 fully saturated rings. The third-order valence-corrected chi connectivity index (χ3v) is 4.81. The number of Topliss-reactive ketones (excluding diaryl/α,β-unsaturated/α-hetero) is 1. The molecule has 1 aliphatic carbocycles. The van der Waals surface area contributed by atoms with E-state index in [-0.39, 0.29) is 11.9 Å². The SMILES string of the molecule is O=C1NCCCNC(=O)[C@@H]2[C@@H]1C(=O)C(=O)N2C1CCCCC1. The predicted molar refractivity (Wildman–Crippen MR) is 76.6 cm³/mol. The number of nitrogens with one attached hydrogen (secondary N) is 2. The summed E-state index contributed by atoms with van der Waals surface area (Å²) in [6.45, 7) is 0.830. The molecule has 3 amide bonds. The second-order valence-electron chi connectivity index (χ2n) is 6.23. The zero-order valence-electron chi connectivity index (χ0n) is 12.5. The molecule has 120 valence electrons. The Bertz CT molecular complexity index is 513. The van der Waals surface area contributed by atoms with Crippen molar-refractivity contribution in [3.8, 4) is 0 Å². The highest BCUT2D eigenvalue weighted by molar-refractivity contribution is 6.44. The molecule has 2 N–H and O–H groups in total. The molecule has 3 aliphatic rings. The van der Waals surface area contributed by atoms with Crippen molar-refractivity contribution in [2.24, 2.45) is 5.92 Å². The minimum absolute atomic E-state index is 0.112. The van der Waals surface area contributed by atoms with E-state index < -0.39 is 29.6 Å². The van der Waals surface area contributed by atoms with Crippen LogP contribution in [0.15, 0.2) is 0 Å². The van der Waals surface area contributed by atoms with Crippen molar-refractivity contribution >= 4 is 23.5 Å². The van der Waals surface area contributed by atoms with Gasteiger partial charge in [0.05, 0.1) is 0 Å². The normalized spacial score (nSPS) is 31.0. The highest BCUT2D eigenvalue weighted by Gasteiger charge is 2.56. The lowest BCUT2D eigenvalue weighted by Crippen LogP contribution is -2.53. The van der Waals surface area contributed by atoms with Crippen LogP contribution < -0.4 is 10.6 Å². The summed E-state index contributed by atoms with van der Waals surface area (Å²) in [6.07, 6.45) is 5.26. The lowest BCUT2D eigenvalue weighted by Gasteiger charge is -2.35. The number of hydrogen-bond donors (Lipinski definition) is 2. The van der Waals surface area contributed by atoms with Crippen molar-refractivity contribution in [3.05, 3.63) is 0 Å². The molecule has 0 spiro atoms.